The van der Waals surface area contributed by atoms with Crippen molar-refractivity contribution in [1.82, 2.24) is 14.7 Å². The van der Waals surface area contributed by atoms with Crippen LogP contribution < -0.4 is 5.73 Å². The largest absolute Gasteiger partial charge is 0.481 e. The zero-order valence-electron chi connectivity index (χ0n) is 21.5. The minimum Gasteiger partial charge on any atom is -0.481 e. The highest BCUT2D eigenvalue weighted by Gasteiger charge is 2.45. The van der Waals surface area contributed by atoms with Crippen molar-refractivity contribution in [2.45, 2.75) is 94.9 Å². The molecule has 0 radical (unpaired) electrons. The average Bonchev–Trinajstić information content (AvgIpc) is 3.46. The van der Waals surface area contributed by atoms with E-state index in [0.717, 1.165) is 64.0 Å². The number of aliphatic carboxylic acids is 1. The van der Waals surface area contributed by atoms with Crippen molar-refractivity contribution in [2.24, 2.45) is 17.6 Å². The van der Waals surface area contributed by atoms with Gasteiger partial charge in [-0.25, -0.2) is 0 Å². The molecule has 3 unspecified atom stereocenters. The molecule has 2 saturated carbocycles. The third kappa shape index (κ3) is 7.39. The number of rotatable bonds is 9. The molecule has 2 aliphatic carbocycles. The van der Waals surface area contributed by atoms with E-state index < -0.39 is 12.0 Å². The third-order valence-electron chi connectivity index (χ3n) is 8.87. The van der Waals surface area contributed by atoms with E-state index in [1.807, 2.05) is 16.8 Å². The van der Waals surface area contributed by atoms with Gasteiger partial charge in [0.25, 0.3) is 0 Å². The average molecular weight is 551 g/mol. The second-order valence-corrected chi connectivity index (χ2v) is 10.9. The number of halogens is 2. The molecular weight excluding hydrogens is 505 g/mol. The maximum atomic E-state index is 13.8. The number of nitrogens with one attached hydrogen (secondary N) is 1. The molecule has 5 atom stereocenters. The van der Waals surface area contributed by atoms with Gasteiger partial charge >= 0.3 is 5.97 Å². The van der Waals surface area contributed by atoms with E-state index in [2.05, 4.69) is 4.90 Å². The quantitative estimate of drug-likeness (QED) is 0.298. The van der Waals surface area contributed by atoms with Crippen molar-refractivity contribution < 1.29 is 19.4 Å². The number of hydrogen-bond acceptors (Lipinski definition) is 5. The van der Waals surface area contributed by atoms with E-state index in [0.29, 0.717) is 25.1 Å². The number of likely N-dealkylation sites (tertiary alicyclic amines) is 2. The van der Waals surface area contributed by atoms with Crippen molar-refractivity contribution in [2.75, 3.05) is 33.3 Å². The van der Waals surface area contributed by atoms with Gasteiger partial charge in [-0.1, -0.05) is 6.42 Å². The molecule has 0 aromatic carbocycles. The molecule has 0 spiro atoms. The zero-order chi connectivity index (χ0) is 24.2. The Morgan fingerprint density at radius 3 is 2.39 bits per heavy atom. The molecule has 208 valence electrons. The van der Waals surface area contributed by atoms with Gasteiger partial charge in [0.1, 0.15) is 0 Å². The molecule has 4 N–H and O–H groups in total. The van der Waals surface area contributed by atoms with E-state index in [1.54, 1.807) is 0 Å². The highest BCUT2D eigenvalue weighted by Crippen LogP contribution is 2.47. The number of nitrogens with zero attached hydrogens (tertiary/aromatic N) is 3. The molecule has 4 aliphatic rings. The van der Waals surface area contributed by atoms with Gasteiger partial charge < -0.3 is 25.4 Å². The SMILES string of the molecule is CN(C1CC2CCC1C2)[C@@H](CC(=O)O)C(=O)N1CCCC[C@H]1CCOC1CCN(C(=N)N)CC1.Cl.Cl. The number of carbonyl (C=O) groups excluding carboxylic acids is 1. The maximum absolute atomic E-state index is 13.8. The van der Waals surface area contributed by atoms with E-state index in [1.165, 1.54) is 19.3 Å². The fraction of sp³-hybridized carbons (Fsp3) is 0.880. The topological polar surface area (TPSA) is 123 Å². The van der Waals surface area contributed by atoms with Gasteiger partial charge in [-0.3, -0.25) is 19.9 Å². The molecule has 9 nitrogen and oxygen atoms in total. The normalized spacial score (nSPS) is 28.9. The minimum atomic E-state index is -0.901. The Bertz CT molecular complexity index is 752. The summed E-state index contributed by atoms with van der Waals surface area (Å²) >= 11 is 0. The van der Waals surface area contributed by atoms with Gasteiger partial charge in [-0.15, -0.1) is 24.8 Å². The first-order chi connectivity index (χ1) is 16.3. The van der Waals surface area contributed by atoms with Crippen LogP contribution in [0.1, 0.15) is 70.6 Å². The second kappa shape index (κ2) is 14.0. The summed E-state index contributed by atoms with van der Waals surface area (Å²) < 4.78 is 6.15. The lowest BCUT2D eigenvalue weighted by atomic mass is 9.92. The fourth-order valence-corrected chi connectivity index (χ4v) is 6.93. The lowest BCUT2D eigenvalue weighted by Gasteiger charge is -2.42. The highest BCUT2D eigenvalue weighted by molar-refractivity contribution is 5.86. The molecule has 2 saturated heterocycles. The van der Waals surface area contributed by atoms with Crippen molar-refractivity contribution in [3.8, 4) is 0 Å². The molecule has 2 aliphatic heterocycles. The molecule has 2 bridgehead atoms. The first-order valence-corrected chi connectivity index (χ1v) is 13.3. The van der Waals surface area contributed by atoms with Crippen molar-refractivity contribution in [3.63, 3.8) is 0 Å². The molecular formula is C25H45Cl2N5O4. The maximum Gasteiger partial charge on any atom is 0.305 e. The summed E-state index contributed by atoms with van der Waals surface area (Å²) in [6.45, 7) is 2.81. The van der Waals surface area contributed by atoms with Gasteiger partial charge in [-0.2, -0.15) is 0 Å². The molecule has 1 amide bonds. The Labute approximate surface area is 227 Å². The van der Waals surface area contributed by atoms with E-state index in [4.69, 9.17) is 15.9 Å². The number of carboxylic acids is 1. The number of nitrogens with two attached hydrogens (primary N) is 1. The number of likely N-dealkylation sites (N-methyl/N-ethyl adjacent to an activating group) is 1. The second-order valence-electron chi connectivity index (χ2n) is 10.9. The predicted octanol–water partition coefficient (Wildman–Crippen LogP) is 2.94. The number of fused-ring (bicyclic) bond motifs is 2. The summed E-state index contributed by atoms with van der Waals surface area (Å²) in [7, 11) is 1.98. The number of piperidine rings is 2. The summed E-state index contributed by atoms with van der Waals surface area (Å²) in [6.07, 6.45) is 10.4. The Hall–Kier alpha value is -1.29. The molecule has 2 heterocycles. The summed E-state index contributed by atoms with van der Waals surface area (Å²) in [6, 6.07) is -0.137. The van der Waals surface area contributed by atoms with Gasteiger partial charge in [0.15, 0.2) is 5.96 Å². The molecule has 4 rings (SSSR count). The van der Waals surface area contributed by atoms with Crippen LogP contribution in [0, 0.1) is 17.2 Å². The van der Waals surface area contributed by atoms with Crippen LogP contribution in [-0.2, 0) is 14.3 Å². The van der Waals surface area contributed by atoms with Crippen LogP contribution in [0.2, 0.25) is 0 Å². The smallest absolute Gasteiger partial charge is 0.305 e. The summed E-state index contributed by atoms with van der Waals surface area (Å²) in [5.74, 6) is 0.578. The van der Waals surface area contributed by atoms with Crippen LogP contribution in [0.5, 0.6) is 0 Å². The summed E-state index contributed by atoms with van der Waals surface area (Å²) in [5, 5.41) is 17.2. The van der Waals surface area contributed by atoms with Crippen LogP contribution >= 0.6 is 24.8 Å². The van der Waals surface area contributed by atoms with Crippen LogP contribution in [0.4, 0.5) is 0 Å². The van der Waals surface area contributed by atoms with E-state index in [9.17, 15) is 14.7 Å². The molecule has 0 aromatic heterocycles. The Morgan fingerprint density at radius 2 is 1.81 bits per heavy atom. The lowest BCUT2D eigenvalue weighted by molar-refractivity contribution is -0.149. The van der Waals surface area contributed by atoms with Crippen LogP contribution in [0.25, 0.3) is 0 Å². The first kappa shape index (κ1) is 30.9. The number of amides is 1. The van der Waals surface area contributed by atoms with E-state index in [-0.39, 0.29) is 55.2 Å². The molecule has 11 heteroatoms. The number of guanidine groups is 1. The van der Waals surface area contributed by atoms with Gasteiger partial charge in [0.2, 0.25) is 5.91 Å². The first-order valence-electron chi connectivity index (χ1n) is 13.3. The monoisotopic (exact) mass is 549 g/mol. The Kier molecular flexibility index (Phi) is 12.1. The number of hydrogen-bond donors (Lipinski definition) is 3. The number of ether oxygens (including phenoxy) is 1. The highest BCUT2D eigenvalue weighted by atomic mass is 35.5. The Balaban J connectivity index is 0.00000228. The van der Waals surface area contributed by atoms with Crippen LogP contribution in [0.3, 0.4) is 0 Å². The summed E-state index contributed by atoms with van der Waals surface area (Å²) in [5.41, 5.74) is 5.58. The van der Waals surface area contributed by atoms with Crippen molar-refractivity contribution in [3.05, 3.63) is 0 Å². The van der Waals surface area contributed by atoms with Crippen LogP contribution in [-0.4, -0.2) is 95.2 Å². The zero-order valence-corrected chi connectivity index (χ0v) is 23.1. The lowest BCUT2D eigenvalue weighted by Crippen LogP contribution is -2.56. The van der Waals surface area contributed by atoms with Crippen molar-refractivity contribution in [1.29, 1.82) is 5.41 Å². The van der Waals surface area contributed by atoms with Gasteiger partial charge in [0, 0.05) is 38.3 Å². The standard InChI is InChI=1S/C25H43N5O4.2ClH/c1-28(21-15-17-5-6-18(21)14-17)22(16-23(31)32)24(33)30-10-3-2-4-19(30)9-13-34-20-7-11-29(12-8-20)25(26)27;;/h17-22H,2-16H2,1H3,(H3,26,27)(H,31,32);2*1H/t17?,18?,19-,21?,22-;;/m0../s1. The molecule has 0 aromatic rings. The van der Waals surface area contributed by atoms with Gasteiger partial charge in [-0.05, 0) is 76.7 Å². The Morgan fingerprint density at radius 1 is 1.08 bits per heavy atom. The van der Waals surface area contributed by atoms with Gasteiger partial charge in [0.05, 0.1) is 18.6 Å². The number of carbonyl (C=O) groups is 2. The van der Waals surface area contributed by atoms with Crippen molar-refractivity contribution >= 4 is 42.7 Å². The van der Waals surface area contributed by atoms with Crippen LogP contribution in [0.15, 0.2) is 0 Å². The summed E-state index contributed by atoms with van der Waals surface area (Å²) in [4.78, 5) is 31.4. The minimum absolute atomic E-state index is 0. The third-order valence-corrected chi connectivity index (χ3v) is 8.87. The fourth-order valence-electron chi connectivity index (χ4n) is 6.93. The predicted molar refractivity (Wildman–Crippen MR) is 144 cm³/mol. The molecule has 36 heavy (non-hydrogen) atoms. The number of carboxylic acid groups (broad SMARTS) is 1. The van der Waals surface area contributed by atoms with E-state index >= 15 is 0 Å². The molecule has 4 fully saturated rings.